The molecule has 96 valence electrons. The van der Waals surface area contributed by atoms with Gasteiger partial charge in [0.25, 0.3) is 0 Å². The van der Waals surface area contributed by atoms with Crippen LogP contribution in [0.1, 0.15) is 5.56 Å². The minimum atomic E-state index is -3.63. The van der Waals surface area contributed by atoms with Crippen LogP contribution in [0.3, 0.4) is 0 Å². The molecule has 0 saturated heterocycles. The normalized spacial score (nSPS) is 10.9. The largest absolute Gasteiger partial charge is 0.300 e. The summed E-state index contributed by atoms with van der Waals surface area (Å²) in [5.74, 6) is -0.214. The molecule has 0 saturated carbocycles. The summed E-state index contributed by atoms with van der Waals surface area (Å²) in [7, 11) is 1.41. The monoisotopic (exact) mass is 306 g/mol. The molecule has 1 rings (SSSR count). The van der Waals surface area contributed by atoms with Gasteiger partial charge in [0.2, 0.25) is 9.05 Å². The Hall–Kier alpha value is -1.30. The number of halogens is 1. The first-order valence-corrected chi connectivity index (χ1v) is 8.04. The van der Waals surface area contributed by atoms with Crippen LogP contribution < -0.4 is 0 Å². The van der Waals surface area contributed by atoms with E-state index in [9.17, 15) is 18.5 Å². The van der Waals surface area contributed by atoms with E-state index in [0.717, 1.165) is 11.8 Å². The number of hydrogen-bond acceptors (Lipinski definition) is 6. The molecule has 0 aliphatic rings. The molecule has 0 bridgehead atoms. The molecular weight excluding hydrogens is 300 g/mol. The third kappa shape index (κ3) is 4.18. The second kappa shape index (κ2) is 6.04. The average molecular weight is 307 g/mol. The molecule has 0 spiro atoms. The summed E-state index contributed by atoms with van der Waals surface area (Å²) in [6.07, 6.45) is 0. The van der Waals surface area contributed by atoms with Crippen molar-refractivity contribution in [3.05, 3.63) is 33.9 Å². The van der Waals surface area contributed by atoms with E-state index < -0.39 is 14.0 Å². The zero-order valence-electron chi connectivity index (χ0n) is 8.87. The van der Waals surface area contributed by atoms with E-state index in [0.29, 0.717) is 0 Å². The summed E-state index contributed by atoms with van der Waals surface area (Å²) in [6, 6.07) is 6.02. The highest BCUT2D eigenvalue weighted by atomic mass is 35.7. The van der Waals surface area contributed by atoms with E-state index in [4.69, 9.17) is 15.9 Å². The fourth-order valence-electron chi connectivity index (χ4n) is 1.17. The van der Waals surface area contributed by atoms with Gasteiger partial charge in [-0.1, -0.05) is 6.07 Å². The lowest BCUT2D eigenvalue weighted by Crippen LogP contribution is -2.01. The number of nitrogens with zero attached hydrogens (tertiary/aromatic N) is 2. The summed E-state index contributed by atoms with van der Waals surface area (Å²) in [6.45, 7) is 0. The van der Waals surface area contributed by atoms with Gasteiger partial charge in [0, 0.05) is 16.4 Å². The molecule has 18 heavy (non-hydrogen) atoms. The molecule has 0 unspecified atom stereocenters. The third-order valence-electron chi connectivity index (χ3n) is 1.89. The van der Waals surface area contributed by atoms with Crippen LogP contribution >= 0.6 is 22.4 Å². The summed E-state index contributed by atoms with van der Waals surface area (Å²) in [5, 5.41) is 19.6. The zero-order valence-corrected chi connectivity index (χ0v) is 11.3. The van der Waals surface area contributed by atoms with Crippen LogP contribution in [0.4, 0.5) is 5.69 Å². The Labute approximate surface area is 112 Å². The summed E-state index contributed by atoms with van der Waals surface area (Å²) in [5.41, 5.74) is -0.365. The maximum atomic E-state index is 10.9. The number of rotatable bonds is 5. The second-order valence-corrected chi connectivity index (χ2v) is 7.15. The number of nitro groups is 1. The van der Waals surface area contributed by atoms with E-state index in [1.807, 2.05) is 0 Å². The maximum Gasteiger partial charge on any atom is 0.300 e. The van der Waals surface area contributed by atoms with Gasteiger partial charge in [0.05, 0.1) is 15.6 Å². The van der Waals surface area contributed by atoms with Crippen molar-refractivity contribution >= 4 is 37.2 Å². The van der Waals surface area contributed by atoms with E-state index >= 15 is 0 Å². The molecule has 0 N–H and O–H groups in total. The number of para-hydroxylation sites is 1. The highest BCUT2D eigenvalue weighted by Gasteiger charge is 2.20. The van der Waals surface area contributed by atoms with Crippen molar-refractivity contribution in [2.24, 2.45) is 0 Å². The van der Waals surface area contributed by atoms with Gasteiger partial charge >= 0.3 is 5.69 Å². The van der Waals surface area contributed by atoms with Gasteiger partial charge in [-0.3, -0.25) is 10.1 Å². The number of benzene rings is 1. The van der Waals surface area contributed by atoms with E-state index in [1.165, 1.54) is 18.2 Å². The van der Waals surface area contributed by atoms with Crippen LogP contribution in [0, 0.1) is 21.4 Å². The summed E-state index contributed by atoms with van der Waals surface area (Å²) in [4.78, 5) is 10.5. The Bertz CT molecular complexity index is 609. The number of hydrogen-bond donors (Lipinski definition) is 0. The predicted octanol–water partition coefficient (Wildman–Crippen LogP) is 2.13. The Morgan fingerprint density at radius 2 is 2.17 bits per heavy atom. The van der Waals surface area contributed by atoms with Gasteiger partial charge in [-0.15, -0.1) is 11.8 Å². The highest BCUT2D eigenvalue weighted by molar-refractivity contribution is 8.14. The molecule has 0 aliphatic carbocycles. The van der Waals surface area contributed by atoms with Crippen molar-refractivity contribution in [3.63, 3.8) is 0 Å². The quantitative estimate of drug-likeness (QED) is 0.357. The lowest BCUT2D eigenvalue weighted by molar-refractivity contribution is -0.388. The first-order chi connectivity index (χ1) is 8.35. The van der Waals surface area contributed by atoms with Gasteiger partial charge < -0.3 is 0 Å². The predicted molar refractivity (Wildman–Crippen MR) is 68.2 cm³/mol. The van der Waals surface area contributed by atoms with Crippen LogP contribution in [-0.2, 0) is 9.05 Å². The zero-order chi connectivity index (χ0) is 13.8. The van der Waals surface area contributed by atoms with Crippen LogP contribution in [0.2, 0.25) is 0 Å². The van der Waals surface area contributed by atoms with Gasteiger partial charge in [-0.05, 0) is 12.1 Å². The van der Waals surface area contributed by atoms with Crippen molar-refractivity contribution in [1.82, 2.24) is 0 Å². The first-order valence-electron chi connectivity index (χ1n) is 4.58. The Kier molecular flexibility index (Phi) is 4.95. The number of thioether (sulfide) groups is 1. The molecule has 6 nitrogen and oxygen atoms in total. The van der Waals surface area contributed by atoms with Crippen molar-refractivity contribution in [2.75, 3.05) is 11.5 Å². The molecular formula is C9H7ClN2O4S2. The van der Waals surface area contributed by atoms with Crippen LogP contribution in [0.5, 0.6) is 0 Å². The molecule has 0 atom stereocenters. The number of nitro benzene ring substituents is 1. The van der Waals surface area contributed by atoms with E-state index in [1.54, 1.807) is 6.07 Å². The fraction of sp³-hybridized carbons (Fsp3) is 0.222. The second-order valence-electron chi connectivity index (χ2n) is 3.11. The van der Waals surface area contributed by atoms with Crippen LogP contribution in [-0.4, -0.2) is 24.8 Å². The molecule has 0 aromatic heterocycles. The van der Waals surface area contributed by atoms with Crippen LogP contribution in [0.15, 0.2) is 23.1 Å². The Morgan fingerprint density at radius 3 is 2.67 bits per heavy atom. The number of nitriles is 1. The molecule has 0 amide bonds. The molecule has 9 heteroatoms. The molecule has 0 fully saturated rings. The summed E-state index contributed by atoms with van der Waals surface area (Å²) < 4.78 is 21.5. The van der Waals surface area contributed by atoms with Crippen molar-refractivity contribution in [1.29, 1.82) is 5.26 Å². The van der Waals surface area contributed by atoms with Gasteiger partial charge in [0.15, 0.2) is 0 Å². The molecule has 0 radical (unpaired) electrons. The Morgan fingerprint density at radius 1 is 1.50 bits per heavy atom. The minimum absolute atomic E-state index is 0.0567. The standard InChI is InChI=1S/C9H7ClN2O4S2/c10-18(15,16)5-4-17-8-3-1-2-7(6-11)9(8)12(13)14/h1-3H,4-5H2. The topological polar surface area (TPSA) is 101 Å². The summed E-state index contributed by atoms with van der Waals surface area (Å²) >= 11 is 0.975. The molecule has 0 aliphatic heterocycles. The van der Waals surface area contributed by atoms with Crippen molar-refractivity contribution in [2.45, 2.75) is 4.90 Å². The molecule has 1 aromatic rings. The van der Waals surface area contributed by atoms with E-state index in [-0.39, 0.29) is 27.7 Å². The lowest BCUT2D eigenvalue weighted by Gasteiger charge is -2.02. The average Bonchev–Trinajstić information content (AvgIpc) is 2.26. The highest BCUT2D eigenvalue weighted by Crippen LogP contribution is 2.32. The fourth-order valence-corrected chi connectivity index (χ4v) is 3.58. The first kappa shape index (κ1) is 14.8. The maximum absolute atomic E-state index is 10.9. The van der Waals surface area contributed by atoms with E-state index in [2.05, 4.69) is 0 Å². The van der Waals surface area contributed by atoms with Gasteiger partial charge in [-0.2, -0.15) is 5.26 Å². The molecule has 0 heterocycles. The van der Waals surface area contributed by atoms with Crippen molar-refractivity contribution < 1.29 is 13.3 Å². The van der Waals surface area contributed by atoms with Crippen LogP contribution in [0.25, 0.3) is 0 Å². The minimum Gasteiger partial charge on any atom is -0.258 e. The smallest absolute Gasteiger partial charge is 0.258 e. The van der Waals surface area contributed by atoms with Gasteiger partial charge in [-0.25, -0.2) is 8.42 Å². The SMILES string of the molecule is N#Cc1cccc(SCCS(=O)(=O)Cl)c1[N+](=O)[O-]. The lowest BCUT2D eigenvalue weighted by atomic mass is 10.2. The Balaban J connectivity index is 2.96. The van der Waals surface area contributed by atoms with Gasteiger partial charge in [0.1, 0.15) is 11.6 Å². The van der Waals surface area contributed by atoms with Crippen molar-refractivity contribution in [3.8, 4) is 6.07 Å². The third-order valence-corrected chi connectivity index (χ3v) is 4.35. The molecule has 1 aromatic carbocycles.